The molecule has 1 aromatic heterocycles. The van der Waals surface area contributed by atoms with Gasteiger partial charge in [0.25, 0.3) is 0 Å². The van der Waals surface area contributed by atoms with Crippen LogP contribution in [0.3, 0.4) is 0 Å². The number of nitrogens with zero attached hydrogens (tertiary/aromatic N) is 4. The molecule has 0 bridgehead atoms. The molecule has 1 saturated heterocycles. The van der Waals surface area contributed by atoms with Crippen LogP contribution in [-0.2, 0) is 17.1 Å². The van der Waals surface area contributed by atoms with Gasteiger partial charge in [-0.25, -0.2) is 22.5 Å². The molecule has 8 heteroatoms. The summed E-state index contributed by atoms with van der Waals surface area (Å²) in [4.78, 5) is 12.6. The highest BCUT2D eigenvalue weighted by Crippen LogP contribution is 2.29. The Kier molecular flexibility index (Phi) is 5.69. The van der Waals surface area contributed by atoms with Gasteiger partial charge in [-0.1, -0.05) is 48.5 Å². The van der Waals surface area contributed by atoms with Crippen LogP contribution in [0.4, 0.5) is 0 Å². The first-order valence-electron chi connectivity index (χ1n) is 9.90. The van der Waals surface area contributed by atoms with E-state index in [1.807, 2.05) is 60.7 Å². The Morgan fingerprint density at radius 3 is 2.20 bits per heavy atom. The molecule has 3 aromatic rings. The largest absolute Gasteiger partial charge is 0.350 e. The summed E-state index contributed by atoms with van der Waals surface area (Å²) in [5.74, 6) is 0.703. The molecule has 0 unspecified atom stereocenters. The van der Waals surface area contributed by atoms with Crippen molar-refractivity contribution in [3.05, 3.63) is 87.9 Å². The Bertz CT molecular complexity index is 1190. The second-order valence-electron chi connectivity index (χ2n) is 7.37. The number of hydrogen-bond donors (Lipinski definition) is 0. The van der Waals surface area contributed by atoms with Gasteiger partial charge >= 0.3 is 5.69 Å². The monoisotopic (exact) mass is 424 g/mol. The van der Waals surface area contributed by atoms with Crippen molar-refractivity contribution < 1.29 is 8.42 Å². The van der Waals surface area contributed by atoms with Crippen molar-refractivity contribution in [3.63, 3.8) is 0 Å². The number of para-hydroxylation sites is 1. The van der Waals surface area contributed by atoms with E-state index >= 15 is 0 Å². The zero-order valence-electron chi connectivity index (χ0n) is 16.8. The van der Waals surface area contributed by atoms with E-state index in [1.165, 1.54) is 14.4 Å². The Morgan fingerprint density at radius 1 is 0.967 bits per heavy atom. The van der Waals surface area contributed by atoms with Crippen LogP contribution in [0.25, 0.3) is 11.8 Å². The van der Waals surface area contributed by atoms with E-state index in [0.29, 0.717) is 31.8 Å². The average Bonchev–Trinajstić information content (AvgIpc) is 3.08. The normalized spacial score (nSPS) is 16.3. The van der Waals surface area contributed by atoms with Gasteiger partial charge in [-0.05, 0) is 36.6 Å². The molecule has 0 radical (unpaired) electrons. The molecule has 1 aliphatic heterocycles. The number of piperidine rings is 1. The molecule has 30 heavy (non-hydrogen) atoms. The molecule has 1 aliphatic rings. The summed E-state index contributed by atoms with van der Waals surface area (Å²) in [6, 6.07) is 18.8. The number of aryl methyl sites for hydroxylation is 1. The Hall–Kier alpha value is -2.97. The van der Waals surface area contributed by atoms with Crippen molar-refractivity contribution in [2.45, 2.75) is 18.8 Å². The maximum atomic E-state index is 12.7. The van der Waals surface area contributed by atoms with Gasteiger partial charge in [-0.15, -0.1) is 0 Å². The summed E-state index contributed by atoms with van der Waals surface area (Å²) >= 11 is 0. The molecule has 2 heterocycles. The molecule has 2 aromatic carbocycles. The van der Waals surface area contributed by atoms with E-state index in [2.05, 4.69) is 5.10 Å². The lowest BCUT2D eigenvalue weighted by Crippen LogP contribution is -2.37. The molecule has 156 valence electrons. The van der Waals surface area contributed by atoms with Gasteiger partial charge in [0.2, 0.25) is 10.0 Å². The molecule has 4 rings (SSSR count). The Labute approximate surface area is 175 Å². The summed E-state index contributed by atoms with van der Waals surface area (Å²) < 4.78 is 29.9. The lowest BCUT2D eigenvalue weighted by molar-refractivity contribution is 0.314. The van der Waals surface area contributed by atoms with Crippen LogP contribution in [0.1, 0.15) is 30.1 Å². The highest BCUT2D eigenvalue weighted by Gasteiger charge is 2.30. The third kappa shape index (κ3) is 4.15. The van der Waals surface area contributed by atoms with Crippen LogP contribution < -0.4 is 5.69 Å². The molecule has 0 amide bonds. The molecule has 0 aliphatic carbocycles. The van der Waals surface area contributed by atoms with Crippen LogP contribution in [0.5, 0.6) is 0 Å². The first kappa shape index (κ1) is 20.3. The van der Waals surface area contributed by atoms with E-state index in [-0.39, 0.29) is 11.6 Å². The quantitative estimate of drug-likeness (QED) is 0.631. The maximum Gasteiger partial charge on any atom is 0.350 e. The Balaban J connectivity index is 1.51. The molecular weight excluding hydrogens is 400 g/mol. The molecule has 1 fully saturated rings. The second kappa shape index (κ2) is 8.41. The predicted octanol–water partition coefficient (Wildman–Crippen LogP) is 2.75. The second-order valence-corrected chi connectivity index (χ2v) is 9.19. The third-order valence-corrected chi connectivity index (χ3v) is 6.94. The van der Waals surface area contributed by atoms with E-state index < -0.39 is 10.0 Å². The smallest absolute Gasteiger partial charge is 0.247 e. The standard InChI is InChI=1S/C22H24N4O3S/c1-24-22(27)26(20-10-6-3-7-11-20)21(23-24)19-12-15-25(16-13-19)30(28,29)17-14-18-8-4-2-5-9-18/h2-11,14,17,19H,12-13,15-16H2,1H3/b17-14+. The number of aromatic nitrogens is 3. The van der Waals surface area contributed by atoms with Crippen molar-refractivity contribution in [1.29, 1.82) is 0 Å². The van der Waals surface area contributed by atoms with Crippen molar-refractivity contribution in [1.82, 2.24) is 18.7 Å². The van der Waals surface area contributed by atoms with Gasteiger partial charge in [-0.2, -0.15) is 9.40 Å². The summed E-state index contributed by atoms with van der Waals surface area (Å²) in [5.41, 5.74) is 1.42. The molecule has 0 spiro atoms. The van der Waals surface area contributed by atoms with Crippen LogP contribution in [0.2, 0.25) is 0 Å². The van der Waals surface area contributed by atoms with Crippen molar-refractivity contribution in [2.75, 3.05) is 13.1 Å². The van der Waals surface area contributed by atoms with E-state index in [4.69, 9.17) is 0 Å². The fraction of sp³-hybridized carbons (Fsp3) is 0.273. The van der Waals surface area contributed by atoms with Crippen LogP contribution in [0.15, 0.2) is 70.9 Å². The van der Waals surface area contributed by atoms with Gasteiger partial charge < -0.3 is 0 Å². The van der Waals surface area contributed by atoms with E-state index in [1.54, 1.807) is 17.7 Å². The maximum absolute atomic E-state index is 12.7. The summed E-state index contributed by atoms with van der Waals surface area (Å²) in [5, 5.41) is 5.73. The molecule has 0 atom stereocenters. The minimum absolute atomic E-state index is 0.0173. The fourth-order valence-corrected chi connectivity index (χ4v) is 4.97. The number of rotatable bonds is 5. The lowest BCUT2D eigenvalue weighted by Gasteiger charge is -2.29. The fourth-order valence-electron chi connectivity index (χ4n) is 3.75. The third-order valence-electron chi connectivity index (χ3n) is 5.38. The minimum Gasteiger partial charge on any atom is -0.247 e. The highest BCUT2D eigenvalue weighted by atomic mass is 32.2. The summed E-state index contributed by atoms with van der Waals surface area (Å²) in [7, 11) is -1.86. The average molecular weight is 425 g/mol. The molecule has 7 nitrogen and oxygen atoms in total. The van der Waals surface area contributed by atoms with Crippen LogP contribution >= 0.6 is 0 Å². The van der Waals surface area contributed by atoms with Gasteiger partial charge in [0.1, 0.15) is 5.82 Å². The van der Waals surface area contributed by atoms with Crippen LogP contribution in [0, 0.1) is 0 Å². The lowest BCUT2D eigenvalue weighted by atomic mass is 9.97. The first-order valence-corrected chi connectivity index (χ1v) is 11.4. The zero-order valence-corrected chi connectivity index (χ0v) is 17.6. The van der Waals surface area contributed by atoms with Gasteiger partial charge in [0, 0.05) is 31.5 Å². The predicted molar refractivity (Wildman–Crippen MR) is 117 cm³/mol. The van der Waals surface area contributed by atoms with Crippen LogP contribution in [-0.4, -0.2) is 40.2 Å². The van der Waals surface area contributed by atoms with E-state index in [9.17, 15) is 13.2 Å². The van der Waals surface area contributed by atoms with E-state index in [0.717, 1.165) is 11.3 Å². The van der Waals surface area contributed by atoms with Crippen molar-refractivity contribution in [3.8, 4) is 5.69 Å². The highest BCUT2D eigenvalue weighted by molar-refractivity contribution is 7.92. The SMILES string of the molecule is Cn1nc(C2CCN(S(=O)(=O)/C=C/c3ccccc3)CC2)n(-c2ccccc2)c1=O. The zero-order chi connectivity index (χ0) is 21.1. The number of hydrogen-bond acceptors (Lipinski definition) is 4. The van der Waals surface area contributed by atoms with Gasteiger partial charge in [-0.3, -0.25) is 0 Å². The minimum atomic E-state index is -3.49. The topological polar surface area (TPSA) is 77.2 Å². The molecule has 0 saturated carbocycles. The summed E-state index contributed by atoms with van der Waals surface area (Å²) in [6.45, 7) is 0.789. The van der Waals surface area contributed by atoms with Gasteiger partial charge in [0.15, 0.2) is 0 Å². The van der Waals surface area contributed by atoms with Crippen molar-refractivity contribution >= 4 is 16.1 Å². The van der Waals surface area contributed by atoms with Crippen molar-refractivity contribution in [2.24, 2.45) is 7.05 Å². The van der Waals surface area contributed by atoms with Gasteiger partial charge in [0.05, 0.1) is 5.69 Å². The molecular formula is C22H24N4O3S. The Morgan fingerprint density at radius 2 is 1.57 bits per heavy atom. The first-order chi connectivity index (χ1) is 14.5. The molecule has 0 N–H and O–H groups in total. The number of sulfonamides is 1. The number of benzene rings is 2. The summed E-state index contributed by atoms with van der Waals surface area (Å²) in [6.07, 6.45) is 2.84.